The topological polar surface area (TPSA) is 105 Å². The molecule has 26 heavy (non-hydrogen) atoms. The first kappa shape index (κ1) is 15.8. The van der Waals surface area contributed by atoms with Crippen LogP contribution in [0, 0.1) is 0 Å². The van der Waals surface area contributed by atoms with E-state index in [1.165, 1.54) is 19.3 Å². The first-order valence-corrected chi connectivity index (χ1v) is 7.86. The van der Waals surface area contributed by atoms with Gasteiger partial charge < -0.3 is 9.73 Å². The molecule has 0 bridgehead atoms. The Bertz CT molecular complexity index is 1030. The van der Waals surface area contributed by atoms with Gasteiger partial charge >= 0.3 is 6.03 Å². The van der Waals surface area contributed by atoms with E-state index >= 15 is 0 Å². The van der Waals surface area contributed by atoms with Gasteiger partial charge in [0.25, 0.3) is 11.8 Å². The molecule has 1 aromatic carbocycles. The summed E-state index contributed by atoms with van der Waals surface area (Å²) < 4.78 is 5.24. The van der Waals surface area contributed by atoms with Crippen LogP contribution < -0.4 is 10.7 Å². The zero-order valence-electron chi connectivity index (χ0n) is 13.7. The number of para-hydroxylation sites is 1. The van der Waals surface area contributed by atoms with Crippen molar-refractivity contribution in [3.8, 4) is 0 Å². The van der Waals surface area contributed by atoms with Crippen molar-refractivity contribution in [1.82, 2.24) is 20.7 Å². The molecule has 0 saturated carbocycles. The molecule has 1 saturated heterocycles. The van der Waals surface area contributed by atoms with Crippen molar-refractivity contribution in [2.24, 2.45) is 0 Å². The van der Waals surface area contributed by atoms with E-state index < -0.39 is 23.4 Å². The van der Waals surface area contributed by atoms with Gasteiger partial charge in [-0.3, -0.25) is 15.0 Å². The normalized spacial score (nSPS) is 19.7. The summed E-state index contributed by atoms with van der Waals surface area (Å²) >= 11 is 0. The second-order valence-corrected chi connectivity index (χ2v) is 6.00. The van der Waals surface area contributed by atoms with Crippen LogP contribution in [0.3, 0.4) is 0 Å². The number of hydrazine groups is 1. The van der Waals surface area contributed by atoms with E-state index in [1.807, 2.05) is 18.2 Å². The lowest BCUT2D eigenvalue weighted by molar-refractivity contribution is -0.133. The van der Waals surface area contributed by atoms with Crippen LogP contribution in [0.25, 0.3) is 10.9 Å². The first-order valence-electron chi connectivity index (χ1n) is 7.86. The van der Waals surface area contributed by atoms with Gasteiger partial charge in [0.05, 0.1) is 11.8 Å². The fraction of sp³-hybridized carbons (Fsp3) is 0.111. The Hall–Kier alpha value is -3.68. The molecular formula is C18H14N4O4. The molecule has 0 radical (unpaired) electrons. The minimum Gasteiger partial charge on any atom is -0.466 e. The van der Waals surface area contributed by atoms with Gasteiger partial charge in [-0.25, -0.2) is 9.78 Å². The molecule has 1 atom stereocenters. The number of carbonyl (C=O) groups excluding carboxylic acids is 3. The maximum atomic E-state index is 12.7. The van der Waals surface area contributed by atoms with Gasteiger partial charge in [-0.2, -0.15) is 5.01 Å². The third-order valence-electron chi connectivity index (χ3n) is 4.25. The molecule has 2 aromatic heterocycles. The number of imide groups is 1. The summed E-state index contributed by atoms with van der Waals surface area (Å²) in [6.45, 7) is 1.51. The van der Waals surface area contributed by atoms with Crippen LogP contribution in [0.4, 0.5) is 4.79 Å². The summed E-state index contributed by atoms with van der Waals surface area (Å²) in [7, 11) is 0. The number of urea groups is 1. The maximum Gasteiger partial charge on any atom is 0.344 e. The van der Waals surface area contributed by atoms with E-state index in [1.54, 1.807) is 24.3 Å². The molecule has 1 aliphatic rings. The number of hydrogen-bond donors (Lipinski definition) is 2. The number of pyridine rings is 1. The lowest BCUT2D eigenvalue weighted by Crippen LogP contribution is -2.48. The SMILES string of the molecule is C[C@]1(c2ccco2)NC(=O)N(NC(=O)c2ccc3ccccc3n2)C1=O. The molecule has 1 aliphatic heterocycles. The van der Waals surface area contributed by atoms with Gasteiger partial charge in [-0.05, 0) is 31.2 Å². The van der Waals surface area contributed by atoms with Gasteiger partial charge in [0.2, 0.25) is 0 Å². The van der Waals surface area contributed by atoms with Crippen LogP contribution in [0.1, 0.15) is 23.2 Å². The number of carbonyl (C=O) groups is 3. The van der Waals surface area contributed by atoms with E-state index in [0.717, 1.165) is 5.39 Å². The van der Waals surface area contributed by atoms with Crippen molar-refractivity contribution >= 4 is 28.7 Å². The van der Waals surface area contributed by atoms with Crippen LogP contribution in [0.15, 0.2) is 59.2 Å². The number of rotatable bonds is 3. The summed E-state index contributed by atoms with van der Waals surface area (Å²) in [6, 6.07) is 13.0. The van der Waals surface area contributed by atoms with E-state index in [2.05, 4.69) is 15.7 Å². The molecule has 0 aliphatic carbocycles. The summed E-state index contributed by atoms with van der Waals surface area (Å²) in [5.74, 6) is -1.04. The van der Waals surface area contributed by atoms with Crippen molar-refractivity contribution < 1.29 is 18.8 Å². The highest BCUT2D eigenvalue weighted by molar-refractivity contribution is 6.09. The average Bonchev–Trinajstić information content (AvgIpc) is 3.26. The van der Waals surface area contributed by atoms with Crippen LogP contribution in [0.2, 0.25) is 0 Å². The third-order valence-corrected chi connectivity index (χ3v) is 4.25. The highest BCUT2D eigenvalue weighted by Gasteiger charge is 2.52. The zero-order valence-corrected chi connectivity index (χ0v) is 13.7. The van der Waals surface area contributed by atoms with E-state index in [4.69, 9.17) is 4.42 Å². The predicted octanol–water partition coefficient (Wildman–Crippen LogP) is 1.94. The third kappa shape index (κ3) is 2.39. The number of nitrogens with zero attached hydrogens (tertiary/aromatic N) is 2. The quantitative estimate of drug-likeness (QED) is 0.703. The van der Waals surface area contributed by atoms with Crippen LogP contribution in [-0.4, -0.2) is 27.8 Å². The Labute approximate surface area is 147 Å². The zero-order chi connectivity index (χ0) is 18.3. The van der Waals surface area contributed by atoms with Crippen molar-refractivity contribution in [1.29, 1.82) is 0 Å². The van der Waals surface area contributed by atoms with Crippen LogP contribution >= 0.6 is 0 Å². The second-order valence-electron chi connectivity index (χ2n) is 6.00. The molecule has 4 rings (SSSR count). The highest BCUT2D eigenvalue weighted by atomic mass is 16.3. The Morgan fingerprint density at radius 2 is 1.96 bits per heavy atom. The van der Waals surface area contributed by atoms with E-state index in [0.29, 0.717) is 10.5 Å². The minimum absolute atomic E-state index is 0.0934. The fourth-order valence-corrected chi connectivity index (χ4v) is 2.82. The minimum atomic E-state index is -1.38. The molecule has 0 unspecified atom stereocenters. The van der Waals surface area contributed by atoms with Crippen molar-refractivity contribution in [3.05, 3.63) is 66.2 Å². The number of furan rings is 1. The molecule has 8 heteroatoms. The van der Waals surface area contributed by atoms with E-state index in [-0.39, 0.29) is 11.5 Å². The van der Waals surface area contributed by atoms with Crippen LogP contribution in [0.5, 0.6) is 0 Å². The Kier molecular flexibility index (Phi) is 3.47. The first-order chi connectivity index (χ1) is 12.5. The molecule has 0 spiro atoms. The Morgan fingerprint density at radius 1 is 1.15 bits per heavy atom. The number of amides is 4. The molecule has 3 aromatic rings. The smallest absolute Gasteiger partial charge is 0.344 e. The predicted molar refractivity (Wildman–Crippen MR) is 90.6 cm³/mol. The number of hydrogen-bond acceptors (Lipinski definition) is 5. The van der Waals surface area contributed by atoms with Gasteiger partial charge in [0, 0.05) is 5.39 Å². The van der Waals surface area contributed by atoms with Gasteiger partial charge in [-0.1, -0.05) is 24.3 Å². The number of nitrogens with one attached hydrogen (secondary N) is 2. The van der Waals surface area contributed by atoms with Gasteiger partial charge in [0.15, 0.2) is 5.54 Å². The molecule has 8 nitrogen and oxygen atoms in total. The molecule has 4 amide bonds. The summed E-state index contributed by atoms with van der Waals surface area (Å²) in [5, 5.41) is 4.05. The molecule has 1 fully saturated rings. The second kappa shape index (κ2) is 5.69. The summed E-state index contributed by atoms with van der Waals surface area (Å²) in [5.41, 5.74) is 1.65. The summed E-state index contributed by atoms with van der Waals surface area (Å²) in [4.78, 5) is 41.6. The lowest BCUT2D eigenvalue weighted by Gasteiger charge is -2.19. The highest BCUT2D eigenvalue weighted by Crippen LogP contribution is 2.28. The van der Waals surface area contributed by atoms with E-state index in [9.17, 15) is 14.4 Å². The van der Waals surface area contributed by atoms with Crippen LogP contribution in [-0.2, 0) is 10.3 Å². The number of benzene rings is 1. The fourth-order valence-electron chi connectivity index (χ4n) is 2.82. The molecule has 3 heterocycles. The maximum absolute atomic E-state index is 12.7. The molecular weight excluding hydrogens is 336 g/mol. The Balaban J connectivity index is 1.59. The molecule has 2 N–H and O–H groups in total. The lowest BCUT2D eigenvalue weighted by atomic mass is 10.00. The van der Waals surface area contributed by atoms with Crippen molar-refractivity contribution in [2.75, 3.05) is 0 Å². The largest absolute Gasteiger partial charge is 0.466 e. The number of aromatic nitrogens is 1. The van der Waals surface area contributed by atoms with Gasteiger partial charge in [0.1, 0.15) is 11.5 Å². The van der Waals surface area contributed by atoms with Gasteiger partial charge in [-0.15, -0.1) is 0 Å². The van der Waals surface area contributed by atoms with Crippen molar-refractivity contribution in [2.45, 2.75) is 12.5 Å². The Morgan fingerprint density at radius 3 is 2.73 bits per heavy atom. The monoisotopic (exact) mass is 350 g/mol. The standard InChI is InChI=1S/C18H14N4O4/c1-18(14-7-4-10-26-14)16(24)22(17(25)20-18)21-15(23)13-9-8-11-5-2-3-6-12(11)19-13/h2-10H,1H3,(H,20,25)(H,21,23)/t18-/m1/s1. The average molecular weight is 350 g/mol. The number of fused-ring (bicyclic) bond motifs is 1. The molecule has 130 valence electrons. The summed E-state index contributed by atoms with van der Waals surface area (Å²) in [6.07, 6.45) is 1.40. The van der Waals surface area contributed by atoms with Crippen molar-refractivity contribution in [3.63, 3.8) is 0 Å².